The standard InChI is InChI=1S/C22H26N4O4S/c1-2-3-15-23-31(28,29)19-12-7-11-18(16-19)24-20(27)13-8-14-21-25-22(26-30-21)17-9-5-4-6-10-17/h4-7,9-12,16,23H,2-3,8,13-15H2,1H3,(H,24,27). The molecule has 1 heterocycles. The summed E-state index contributed by atoms with van der Waals surface area (Å²) in [5, 5.41) is 6.70. The van der Waals surface area contributed by atoms with Gasteiger partial charge in [0.2, 0.25) is 27.6 Å². The van der Waals surface area contributed by atoms with Gasteiger partial charge in [0.1, 0.15) is 0 Å². The van der Waals surface area contributed by atoms with Crippen molar-refractivity contribution >= 4 is 21.6 Å². The highest BCUT2D eigenvalue weighted by Gasteiger charge is 2.14. The molecular weight excluding hydrogens is 416 g/mol. The fourth-order valence-corrected chi connectivity index (χ4v) is 4.01. The third kappa shape index (κ3) is 6.73. The van der Waals surface area contributed by atoms with Crippen molar-refractivity contribution in [3.8, 4) is 11.4 Å². The molecule has 0 radical (unpaired) electrons. The summed E-state index contributed by atoms with van der Waals surface area (Å²) in [4.78, 5) is 16.7. The summed E-state index contributed by atoms with van der Waals surface area (Å²) in [6, 6.07) is 15.7. The molecule has 9 heteroatoms. The quantitative estimate of drug-likeness (QED) is 0.437. The molecule has 8 nitrogen and oxygen atoms in total. The fraction of sp³-hybridized carbons (Fsp3) is 0.318. The summed E-state index contributed by atoms with van der Waals surface area (Å²) >= 11 is 0. The normalized spacial score (nSPS) is 11.4. The number of benzene rings is 2. The summed E-state index contributed by atoms with van der Waals surface area (Å²) in [6.07, 6.45) is 2.91. The van der Waals surface area contributed by atoms with Gasteiger partial charge in [0.05, 0.1) is 4.90 Å². The van der Waals surface area contributed by atoms with E-state index in [0.717, 1.165) is 18.4 Å². The van der Waals surface area contributed by atoms with Crippen molar-refractivity contribution in [2.24, 2.45) is 0 Å². The smallest absolute Gasteiger partial charge is 0.240 e. The first kappa shape index (κ1) is 22.6. The van der Waals surface area contributed by atoms with Crippen molar-refractivity contribution < 1.29 is 17.7 Å². The van der Waals surface area contributed by atoms with Gasteiger partial charge in [0.25, 0.3) is 0 Å². The van der Waals surface area contributed by atoms with E-state index in [1.807, 2.05) is 37.3 Å². The Labute approximate surface area is 182 Å². The lowest BCUT2D eigenvalue weighted by molar-refractivity contribution is -0.116. The van der Waals surface area contributed by atoms with Crippen LogP contribution >= 0.6 is 0 Å². The molecule has 1 aromatic heterocycles. The van der Waals surface area contributed by atoms with Gasteiger partial charge in [-0.1, -0.05) is 54.9 Å². The highest BCUT2D eigenvalue weighted by atomic mass is 32.2. The molecule has 0 aliphatic rings. The summed E-state index contributed by atoms with van der Waals surface area (Å²) in [5.41, 5.74) is 1.31. The molecule has 0 fully saturated rings. The topological polar surface area (TPSA) is 114 Å². The SMILES string of the molecule is CCCCNS(=O)(=O)c1cccc(NC(=O)CCCc2nc(-c3ccccc3)no2)c1. The zero-order chi connectivity index (χ0) is 22.1. The molecular formula is C22H26N4O4S. The number of nitrogens with one attached hydrogen (secondary N) is 2. The van der Waals surface area contributed by atoms with Gasteiger partial charge < -0.3 is 9.84 Å². The van der Waals surface area contributed by atoms with Crippen LogP contribution in [0.25, 0.3) is 11.4 Å². The Morgan fingerprint density at radius 2 is 1.87 bits per heavy atom. The van der Waals surface area contributed by atoms with Crippen LogP contribution in [0.4, 0.5) is 5.69 Å². The van der Waals surface area contributed by atoms with E-state index < -0.39 is 10.0 Å². The first-order valence-electron chi connectivity index (χ1n) is 10.3. The first-order chi connectivity index (χ1) is 15.0. The van der Waals surface area contributed by atoms with Crippen LogP contribution in [0.5, 0.6) is 0 Å². The first-order valence-corrected chi connectivity index (χ1v) is 11.7. The van der Waals surface area contributed by atoms with Gasteiger partial charge >= 0.3 is 0 Å². The van der Waals surface area contributed by atoms with Crippen LogP contribution in [0.3, 0.4) is 0 Å². The second-order valence-electron chi connectivity index (χ2n) is 7.06. The molecule has 0 aliphatic carbocycles. The Morgan fingerprint density at radius 1 is 1.06 bits per heavy atom. The largest absolute Gasteiger partial charge is 0.339 e. The predicted molar refractivity (Wildman–Crippen MR) is 118 cm³/mol. The van der Waals surface area contributed by atoms with Crippen molar-refractivity contribution in [1.29, 1.82) is 0 Å². The summed E-state index contributed by atoms with van der Waals surface area (Å²) in [5.74, 6) is 0.778. The molecule has 0 atom stereocenters. The van der Waals surface area contributed by atoms with Crippen molar-refractivity contribution in [2.75, 3.05) is 11.9 Å². The molecule has 0 aliphatic heterocycles. The minimum atomic E-state index is -3.59. The van der Waals surface area contributed by atoms with Crippen molar-refractivity contribution in [2.45, 2.75) is 43.9 Å². The maximum absolute atomic E-state index is 12.3. The molecule has 0 saturated heterocycles. The number of sulfonamides is 1. The molecule has 3 rings (SSSR count). The minimum absolute atomic E-state index is 0.126. The van der Waals surface area contributed by atoms with Crippen LogP contribution in [0.2, 0.25) is 0 Å². The second kappa shape index (κ2) is 10.8. The number of carbonyl (C=O) groups is 1. The zero-order valence-electron chi connectivity index (χ0n) is 17.4. The maximum atomic E-state index is 12.3. The lowest BCUT2D eigenvalue weighted by Gasteiger charge is -2.09. The van der Waals surface area contributed by atoms with Crippen molar-refractivity contribution in [3.63, 3.8) is 0 Å². The lowest BCUT2D eigenvalue weighted by Crippen LogP contribution is -2.24. The highest BCUT2D eigenvalue weighted by Crippen LogP contribution is 2.17. The van der Waals surface area contributed by atoms with E-state index in [-0.39, 0.29) is 17.2 Å². The third-order valence-corrected chi connectivity index (χ3v) is 6.00. The molecule has 0 spiro atoms. The van der Waals surface area contributed by atoms with E-state index in [1.165, 1.54) is 12.1 Å². The summed E-state index contributed by atoms with van der Waals surface area (Å²) in [6.45, 7) is 2.38. The van der Waals surface area contributed by atoms with E-state index in [2.05, 4.69) is 20.2 Å². The number of aryl methyl sites for hydroxylation is 1. The van der Waals surface area contributed by atoms with Crippen LogP contribution in [0, 0.1) is 0 Å². The van der Waals surface area contributed by atoms with Crippen LogP contribution in [0.1, 0.15) is 38.5 Å². The summed E-state index contributed by atoms with van der Waals surface area (Å²) in [7, 11) is -3.59. The Bertz CT molecular complexity index is 1100. The average Bonchev–Trinajstić information content (AvgIpc) is 3.24. The number of hydrogen-bond acceptors (Lipinski definition) is 6. The van der Waals surface area contributed by atoms with Gasteiger partial charge in [0, 0.05) is 30.6 Å². The van der Waals surface area contributed by atoms with Gasteiger partial charge in [-0.05, 0) is 31.0 Å². The molecule has 3 aromatic rings. The Balaban J connectivity index is 1.49. The van der Waals surface area contributed by atoms with E-state index in [0.29, 0.717) is 36.8 Å². The van der Waals surface area contributed by atoms with Crippen LogP contribution in [0.15, 0.2) is 64.0 Å². The number of nitrogens with zero attached hydrogens (tertiary/aromatic N) is 2. The third-order valence-electron chi connectivity index (χ3n) is 4.55. The van der Waals surface area contributed by atoms with Gasteiger partial charge in [0.15, 0.2) is 0 Å². The number of amides is 1. The number of anilines is 1. The highest BCUT2D eigenvalue weighted by molar-refractivity contribution is 7.89. The van der Waals surface area contributed by atoms with E-state index in [9.17, 15) is 13.2 Å². The molecule has 164 valence electrons. The van der Waals surface area contributed by atoms with Gasteiger partial charge in [-0.15, -0.1) is 0 Å². The Morgan fingerprint density at radius 3 is 2.65 bits per heavy atom. The molecule has 0 unspecified atom stereocenters. The number of carbonyl (C=O) groups excluding carboxylic acids is 1. The predicted octanol–water partition coefficient (Wildman–Crippen LogP) is 3.78. The van der Waals surface area contributed by atoms with Crippen LogP contribution < -0.4 is 10.0 Å². The minimum Gasteiger partial charge on any atom is -0.339 e. The van der Waals surface area contributed by atoms with E-state index in [4.69, 9.17) is 4.52 Å². The van der Waals surface area contributed by atoms with E-state index in [1.54, 1.807) is 12.1 Å². The zero-order valence-corrected chi connectivity index (χ0v) is 18.2. The van der Waals surface area contributed by atoms with E-state index >= 15 is 0 Å². The van der Waals surface area contributed by atoms with Crippen LogP contribution in [-0.2, 0) is 21.2 Å². The summed E-state index contributed by atoms with van der Waals surface area (Å²) < 4.78 is 32.5. The second-order valence-corrected chi connectivity index (χ2v) is 8.83. The van der Waals surface area contributed by atoms with Crippen molar-refractivity contribution in [3.05, 3.63) is 60.5 Å². The van der Waals surface area contributed by atoms with Gasteiger partial charge in [-0.3, -0.25) is 4.79 Å². The molecule has 1 amide bonds. The monoisotopic (exact) mass is 442 g/mol. The molecule has 2 aromatic carbocycles. The number of aromatic nitrogens is 2. The van der Waals surface area contributed by atoms with Gasteiger partial charge in [-0.25, -0.2) is 13.1 Å². The van der Waals surface area contributed by atoms with Crippen molar-refractivity contribution in [1.82, 2.24) is 14.9 Å². The average molecular weight is 443 g/mol. The lowest BCUT2D eigenvalue weighted by atomic mass is 10.2. The Hall–Kier alpha value is -3.04. The number of rotatable bonds is 11. The molecule has 0 bridgehead atoms. The molecule has 2 N–H and O–H groups in total. The fourth-order valence-electron chi connectivity index (χ4n) is 2.89. The van der Waals surface area contributed by atoms with Gasteiger partial charge in [-0.2, -0.15) is 4.98 Å². The maximum Gasteiger partial charge on any atom is 0.240 e. The van der Waals surface area contributed by atoms with Crippen LogP contribution in [-0.4, -0.2) is 31.0 Å². The number of hydrogen-bond donors (Lipinski definition) is 2. The molecule has 31 heavy (non-hydrogen) atoms. The number of unbranched alkanes of at least 4 members (excludes halogenated alkanes) is 1. The Kier molecular flexibility index (Phi) is 7.91. The molecule has 0 saturated carbocycles.